The summed E-state index contributed by atoms with van der Waals surface area (Å²) in [6, 6.07) is 11.0. The monoisotopic (exact) mass is 476 g/mol. The third-order valence-electron chi connectivity index (χ3n) is 11.1. The largest absolute Gasteiger partial charge is 0.0839 e. The van der Waals surface area contributed by atoms with Gasteiger partial charge in [-0.1, -0.05) is 109 Å². The molecule has 1 aromatic rings. The Kier molecular flexibility index (Phi) is 4.10. The second-order valence-electron chi connectivity index (χ2n) is 12.2. The fraction of sp³-hybridized carbons (Fsp3) is 0.297. The van der Waals surface area contributed by atoms with Crippen LogP contribution in [0, 0.1) is 40.9 Å². The zero-order valence-electron chi connectivity index (χ0n) is 21.2. The van der Waals surface area contributed by atoms with Crippen molar-refractivity contribution in [2.24, 2.45) is 40.9 Å². The van der Waals surface area contributed by atoms with Crippen LogP contribution in [0.15, 0.2) is 143 Å². The van der Waals surface area contributed by atoms with E-state index >= 15 is 0 Å². The molecule has 0 heterocycles. The number of allylic oxidation sites excluding steroid dienone is 20. The predicted octanol–water partition coefficient (Wildman–Crippen LogP) is 8.65. The zero-order chi connectivity index (χ0) is 24.1. The molecule has 37 heavy (non-hydrogen) atoms. The first kappa shape index (κ1) is 20.7. The molecule has 0 aromatic heterocycles. The number of fused-ring (bicyclic) bond motifs is 10. The summed E-state index contributed by atoms with van der Waals surface area (Å²) < 4.78 is 0. The minimum Gasteiger partial charge on any atom is -0.0839 e. The van der Waals surface area contributed by atoms with Gasteiger partial charge < -0.3 is 0 Å². The van der Waals surface area contributed by atoms with E-state index in [1.807, 2.05) is 0 Å². The van der Waals surface area contributed by atoms with Crippen molar-refractivity contribution in [1.29, 1.82) is 0 Å². The van der Waals surface area contributed by atoms with Crippen LogP contribution in [0.4, 0.5) is 0 Å². The van der Waals surface area contributed by atoms with Crippen LogP contribution in [-0.4, -0.2) is 0 Å². The van der Waals surface area contributed by atoms with E-state index in [9.17, 15) is 0 Å². The molecular formula is C37H32. The highest BCUT2D eigenvalue weighted by Crippen LogP contribution is 2.76. The number of benzene rings is 1. The van der Waals surface area contributed by atoms with E-state index in [0.717, 1.165) is 0 Å². The molecule has 8 aliphatic carbocycles. The summed E-state index contributed by atoms with van der Waals surface area (Å²) >= 11 is 0. The van der Waals surface area contributed by atoms with Crippen molar-refractivity contribution >= 4 is 5.57 Å². The van der Waals surface area contributed by atoms with Crippen molar-refractivity contribution in [3.05, 3.63) is 148 Å². The maximum Gasteiger partial charge on any atom is 0.0128 e. The molecule has 0 saturated heterocycles. The highest BCUT2D eigenvalue weighted by atomic mass is 14.7. The van der Waals surface area contributed by atoms with Crippen LogP contribution in [0.3, 0.4) is 0 Å². The van der Waals surface area contributed by atoms with E-state index in [4.69, 9.17) is 0 Å². The van der Waals surface area contributed by atoms with Crippen LogP contribution in [0.5, 0.6) is 0 Å². The molecule has 180 valence electrons. The highest BCUT2D eigenvalue weighted by Gasteiger charge is 2.68. The summed E-state index contributed by atoms with van der Waals surface area (Å²) in [5.74, 6) is 3.49. The van der Waals surface area contributed by atoms with Crippen molar-refractivity contribution in [3.63, 3.8) is 0 Å². The van der Waals surface area contributed by atoms with Crippen LogP contribution in [0.1, 0.15) is 31.2 Å². The first-order valence-corrected chi connectivity index (χ1v) is 14.4. The average Bonchev–Trinajstić information content (AvgIpc) is 3.45. The molecule has 0 N–H and O–H groups in total. The topological polar surface area (TPSA) is 0 Å². The number of hydrogen-bond donors (Lipinski definition) is 0. The summed E-state index contributed by atoms with van der Waals surface area (Å²) in [5.41, 5.74) is 13.2. The van der Waals surface area contributed by atoms with Gasteiger partial charge in [-0.25, -0.2) is 0 Å². The lowest BCUT2D eigenvalue weighted by Gasteiger charge is -2.47. The Balaban J connectivity index is 1.28. The molecule has 0 amide bonds. The van der Waals surface area contributed by atoms with E-state index in [1.165, 1.54) is 36.8 Å². The smallest absolute Gasteiger partial charge is 0.0128 e. The molecule has 0 aliphatic heterocycles. The van der Waals surface area contributed by atoms with Gasteiger partial charge in [0.1, 0.15) is 0 Å². The fourth-order valence-corrected chi connectivity index (χ4v) is 10.0. The van der Waals surface area contributed by atoms with Crippen molar-refractivity contribution in [2.45, 2.75) is 25.7 Å². The van der Waals surface area contributed by atoms with E-state index in [-0.39, 0.29) is 5.41 Å². The second kappa shape index (κ2) is 7.35. The molecule has 1 spiro atoms. The SMILES string of the molecule is C1=CCC2C(=C1)C1=CC(c3ccccc3)=CCC1C21C2CC=CC3=C2C2=C(C=CCC21)C1C=CC=CC31. The lowest BCUT2D eigenvalue weighted by atomic mass is 9.55. The summed E-state index contributed by atoms with van der Waals surface area (Å²) in [6.07, 6.45) is 36.9. The minimum atomic E-state index is 0.277. The van der Waals surface area contributed by atoms with Gasteiger partial charge in [0.2, 0.25) is 0 Å². The molecule has 0 heteroatoms. The van der Waals surface area contributed by atoms with E-state index in [2.05, 4.69) is 109 Å². The van der Waals surface area contributed by atoms with Crippen molar-refractivity contribution in [3.8, 4) is 0 Å². The first-order chi connectivity index (χ1) is 18.4. The third-order valence-corrected chi connectivity index (χ3v) is 11.1. The third kappa shape index (κ3) is 2.45. The molecule has 2 saturated carbocycles. The Morgan fingerprint density at radius 2 is 1.27 bits per heavy atom. The van der Waals surface area contributed by atoms with Crippen LogP contribution in [-0.2, 0) is 0 Å². The molecule has 6 unspecified atom stereocenters. The molecule has 9 rings (SSSR count). The van der Waals surface area contributed by atoms with Crippen LogP contribution in [0.2, 0.25) is 0 Å². The fourth-order valence-electron chi connectivity index (χ4n) is 10.0. The second-order valence-corrected chi connectivity index (χ2v) is 12.2. The van der Waals surface area contributed by atoms with Crippen molar-refractivity contribution in [2.75, 3.05) is 0 Å². The maximum absolute atomic E-state index is 2.59. The Morgan fingerprint density at radius 1 is 0.622 bits per heavy atom. The maximum atomic E-state index is 2.59. The van der Waals surface area contributed by atoms with Gasteiger partial charge in [-0.2, -0.15) is 0 Å². The lowest BCUT2D eigenvalue weighted by molar-refractivity contribution is 0.0533. The van der Waals surface area contributed by atoms with Crippen LogP contribution in [0.25, 0.3) is 5.57 Å². The highest BCUT2D eigenvalue weighted by molar-refractivity contribution is 5.79. The van der Waals surface area contributed by atoms with Gasteiger partial charge >= 0.3 is 0 Å². The number of rotatable bonds is 1. The van der Waals surface area contributed by atoms with Gasteiger partial charge in [-0.05, 0) is 99.3 Å². The van der Waals surface area contributed by atoms with Crippen molar-refractivity contribution < 1.29 is 0 Å². The molecule has 8 aliphatic rings. The molecule has 6 atom stereocenters. The number of hydrogen-bond acceptors (Lipinski definition) is 0. The van der Waals surface area contributed by atoms with Gasteiger partial charge in [-0.15, -0.1) is 0 Å². The molecule has 0 bridgehead atoms. The molecule has 0 radical (unpaired) electrons. The van der Waals surface area contributed by atoms with E-state index in [0.29, 0.717) is 35.5 Å². The molecule has 1 aromatic carbocycles. The normalized spacial score (nSPS) is 39.3. The van der Waals surface area contributed by atoms with Gasteiger partial charge in [0.05, 0.1) is 0 Å². The van der Waals surface area contributed by atoms with Gasteiger partial charge in [-0.3, -0.25) is 0 Å². The van der Waals surface area contributed by atoms with E-state index in [1.54, 1.807) is 33.4 Å². The Morgan fingerprint density at radius 3 is 1.97 bits per heavy atom. The zero-order valence-corrected chi connectivity index (χ0v) is 21.2. The molecular weight excluding hydrogens is 444 g/mol. The average molecular weight is 477 g/mol. The van der Waals surface area contributed by atoms with Gasteiger partial charge in [0.25, 0.3) is 0 Å². The Bertz CT molecular complexity index is 1480. The summed E-state index contributed by atoms with van der Waals surface area (Å²) in [5, 5.41) is 0. The summed E-state index contributed by atoms with van der Waals surface area (Å²) in [4.78, 5) is 0. The van der Waals surface area contributed by atoms with Crippen LogP contribution < -0.4 is 0 Å². The van der Waals surface area contributed by atoms with Gasteiger partial charge in [0, 0.05) is 11.8 Å². The minimum absolute atomic E-state index is 0.277. The summed E-state index contributed by atoms with van der Waals surface area (Å²) in [7, 11) is 0. The van der Waals surface area contributed by atoms with Crippen LogP contribution >= 0.6 is 0 Å². The lowest BCUT2D eigenvalue weighted by Crippen LogP contribution is -2.43. The Labute approximate surface area is 220 Å². The molecule has 2 fully saturated rings. The Hall–Kier alpha value is -3.38. The quantitative estimate of drug-likeness (QED) is 0.380. The predicted molar refractivity (Wildman–Crippen MR) is 152 cm³/mol. The first-order valence-electron chi connectivity index (χ1n) is 14.4. The van der Waals surface area contributed by atoms with E-state index < -0.39 is 0 Å². The summed E-state index contributed by atoms with van der Waals surface area (Å²) in [6.45, 7) is 0. The standard InChI is InChI=1S/C37H32/c1-2-10-23(11-3-1)24-20-21-32-30(22-24)27-14-6-7-17-31(27)37(32)33-18-8-15-28-25-12-4-5-13-26(25)29-16-9-19-34(37)36(29)35(28)33/h1-16,20,22,25-26,31-34H,17-19,21H2. The van der Waals surface area contributed by atoms with Crippen molar-refractivity contribution in [1.82, 2.24) is 0 Å². The van der Waals surface area contributed by atoms with Gasteiger partial charge in [0.15, 0.2) is 0 Å². The molecule has 0 nitrogen and oxygen atoms in total.